The molecule has 0 aliphatic carbocycles. The van der Waals surface area contributed by atoms with Crippen molar-refractivity contribution in [2.24, 2.45) is 0 Å². The van der Waals surface area contributed by atoms with Gasteiger partial charge in [0.15, 0.2) is 0 Å². The van der Waals surface area contributed by atoms with Gasteiger partial charge in [0.2, 0.25) is 5.91 Å². The number of aliphatic hydroxyl groups excluding tert-OH is 1. The van der Waals surface area contributed by atoms with Gasteiger partial charge in [-0.2, -0.15) is 0 Å². The van der Waals surface area contributed by atoms with E-state index in [4.69, 9.17) is 4.98 Å². The van der Waals surface area contributed by atoms with E-state index in [1.807, 2.05) is 6.07 Å². The Bertz CT molecular complexity index is 1480. The number of likely N-dealkylation sites (tertiary alicyclic amines) is 1. The van der Waals surface area contributed by atoms with Gasteiger partial charge < -0.3 is 10.0 Å². The Labute approximate surface area is 187 Å². The van der Waals surface area contributed by atoms with Gasteiger partial charge >= 0.3 is 5.69 Å². The van der Waals surface area contributed by atoms with E-state index in [0.29, 0.717) is 53.9 Å². The Kier molecular flexibility index (Phi) is 5.21. The number of H-pyrrole nitrogens is 1. The van der Waals surface area contributed by atoms with E-state index in [-0.39, 0.29) is 23.9 Å². The lowest BCUT2D eigenvalue weighted by Crippen LogP contribution is -2.41. The summed E-state index contributed by atoms with van der Waals surface area (Å²) in [6.07, 6.45) is 4.28. The molecule has 0 unspecified atom stereocenters. The number of hydrogen-bond donors (Lipinski definition) is 2. The molecule has 4 aromatic rings. The number of carbonyl (C=O) groups is 1. The van der Waals surface area contributed by atoms with Crippen molar-refractivity contribution in [2.45, 2.75) is 32.4 Å². The van der Waals surface area contributed by atoms with E-state index >= 15 is 0 Å². The first-order chi connectivity index (χ1) is 16.0. The lowest BCUT2D eigenvalue weighted by atomic mass is 10.0. The van der Waals surface area contributed by atoms with Crippen molar-refractivity contribution in [3.63, 3.8) is 0 Å². The second-order valence-electron chi connectivity index (χ2n) is 8.15. The van der Waals surface area contributed by atoms with Crippen molar-refractivity contribution < 1.29 is 9.90 Å². The molecule has 0 aromatic carbocycles. The Hall–Kier alpha value is -3.92. The molecule has 1 fully saturated rings. The molecular formula is C23H22N6O4. The molecule has 0 saturated carbocycles. The number of aromatic nitrogens is 5. The average Bonchev–Trinajstić information content (AvgIpc) is 2.84. The largest absolute Gasteiger partial charge is 0.390 e. The number of rotatable bonds is 3. The molecule has 0 spiro atoms. The van der Waals surface area contributed by atoms with Crippen molar-refractivity contribution in [1.29, 1.82) is 0 Å². The number of amides is 1. The molecule has 4 aromatic heterocycles. The number of pyridine rings is 3. The van der Waals surface area contributed by atoms with Crippen molar-refractivity contribution in [3.05, 3.63) is 63.2 Å². The van der Waals surface area contributed by atoms with Crippen LogP contribution in [0.5, 0.6) is 0 Å². The summed E-state index contributed by atoms with van der Waals surface area (Å²) >= 11 is 0. The second-order valence-corrected chi connectivity index (χ2v) is 8.15. The normalized spacial score (nSPS) is 14.8. The molecule has 10 heteroatoms. The molecule has 33 heavy (non-hydrogen) atoms. The summed E-state index contributed by atoms with van der Waals surface area (Å²) in [4.78, 5) is 54.9. The molecule has 1 aliphatic rings. The first-order valence-corrected chi connectivity index (χ1v) is 10.7. The third kappa shape index (κ3) is 3.68. The lowest BCUT2D eigenvalue weighted by molar-refractivity contribution is -0.130. The van der Waals surface area contributed by atoms with Crippen molar-refractivity contribution >= 4 is 27.8 Å². The van der Waals surface area contributed by atoms with Crippen LogP contribution in [0.15, 0.2) is 46.2 Å². The number of aliphatic hydroxyl groups is 1. The average molecular weight is 446 g/mol. The predicted octanol–water partition coefficient (Wildman–Crippen LogP) is 1.37. The lowest BCUT2D eigenvalue weighted by Gasteiger charge is -2.32. The fraction of sp³-hybridized carbons (Fsp3) is 0.304. The van der Waals surface area contributed by atoms with Gasteiger partial charge in [-0.15, -0.1) is 0 Å². The highest BCUT2D eigenvalue weighted by Crippen LogP contribution is 2.28. The smallest absolute Gasteiger partial charge is 0.329 e. The van der Waals surface area contributed by atoms with Gasteiger partial charge in [-0.3, -0.25) is 29.1 Å². The number of hydrogen-bond acceptors (Lipinski definition) is 7. The van der Waals surface area contributed by atoms with Gasteiger partial charge in [0.25, 0.3) is 5.56 Å². The summed E-state index contributed by atoms with van der Waals surface area (Å²) in [5.74, 6) is 0.00825. The summed E-state index contributed by atoms with van der Waals surface area (Å²) in [5.41, 5.74) is 2.34. The van der Waals surface area contributed by atoms with Gasteiger partial charge in [0, 0.05) is 44.0 Å². The summed E-state index contributed by atoms with van der Waals surface area (Å²) in [7, 11) is 0. The maximum Gasteiger partial charge on any atom is 0.329 e. The number of nitrogens with zero attached hydrogens (tertiary/aromatic N) is 5. The Morgan fingerprint density at radius 1 is 1.12 bits per heavy atom. The zero-order valence-corrected chi connectivity index (χ0v) is 18.0. The van der Waals surface area contributed by atoms with Crippen LogP contribution in [-0.4, -0.2) is 53.5 Å². The van der Waals surface area contributed by atoms with E-state index < -0.39 is 11.2 Å². The van der Waals surface area contributed by atoms with Crippen molar-refractivity contribution in [3.8, 4) is 11.3 Å². The Morgan fingerprint density at radius 3 is 2.58 bits per heavy atom. The van der Waals surface area contributed by atoms with Crippen LogP contribution in [0, 0.1) is 0 Å². The Balaban J connectivity index is 1.71. The molecule has 168 valence electrons. The zero-order chi connectivity index (χ0) is 23.1. The summed E-state index contributed by atoms with van der Waals surface area (Å²) in [6, 6.07) is 6.94. The molecule has 0 atom stereocenters. The first kappa shape index (κ1) is 21.0. The van der Waals surface area contributed by atoms with Crippen LogP contribution < -0.4 is 11.2 Å². The minimum absolute atomic E-state index is 0.00825. The first-order valence-electron chi connectivity index (χ1n) is 10.7. The molecular weight excluding hydrogens is 424 g/mol. The van der Waals surface area contributed by atoms with E-state index in [1.54, 1.807) is 33.9 Å². The number of piperidine rings is 1. The van der Waals surface area contributed by atoms with Gasteiger partial charge in [-0.25, -0.2) is 9.78 Å². The maximum atomic E-state index is 13.0. The summed E-state index contributed by atoms with van der Waals surface area (Å²) < 4.78 is 1.60. The maximum absolute atomic E-state index is 13.0. The number of aromatic amines is 1. The predicted molar refractivity (Wildman–Crippen MR) is 122 cm³/mol. The fourth-order valence-electron chi connectivity index (χ4n) is 4.41. The topological polar surface area (TPSA) is 134 Å². The van der Waals surface area contributed by atoms with E-state index in [1.165, 1.54) is 13.1 Å². The number of carbonyl (C=O) groups excluding carboxylic acids is 1. The highest BCUT2D eigenvalue weighted by atomic mass is 16.3. The number of nitrogens with one attached hydrogen (secondary N) is 1. The van der Waals surface area contributed by atoms with Gasteiger partial charge in [-0.1, -0.05) is 0 Å². The summed E-state index contributed by atoms with van der Waals surface area (Å²) in [5, 5.41) is 9.53. The minimum Gasteiger partial charge on any atom is -0.390 e. The van der Waals surface area contributed by atoms with Crippen LogP contribution in [-0.2, 0) is 11.4 Å². The minimum atomic E-state index is -0.511. The van der Waals surface area contributed by atoms with Crippen LogP contribution in [0.2, 0.25) is 0 Å². The quantitative estimate of drug-likeness (QED) is 0.454. The Morgan fingerprint density at radius 2 is 1.91 bits per heavy atom. The van der Waals surface area contributed by atoms with Crippen LogP contribution in [0.1, 0.15) is 31.5 Å². The highest BCUT2D eigenvalue weighted by Gasteiger charge is 2.26. The fourth-order valence-corrected chi connectivity index (χ4v) is 4.41. The summed E-state index contributed by atoms with van der Waals surface area (Å²) in [6.45, 7) is 2.46. The van der Waals surface area contributed by atoms with E-state index in [2.05, 4.69) is 15.0 Å². The molecule has 0 radical (unpaired) electrons. The standard InChI is InChI=1S/C23H22N6O4/c1-13(31)28-8-6-16(7-9-28)29-21-17(22(32)27-23(29)33)11-25-19-5-4-18(26-20(19)21)14-2-3-15(12-30)24-10-14/h2-5,10-11,16,30H,6-9,12H2,1H3,(H,27,32,33). The molecule has 0 bridgehead atoms. The van der Waals surface area contributed by atoms with Crippen molar-refractivity contribution in [2.75, 3.05) is 13.1 Å². The highest BCUT2D eigenvalue weighted by molar-refractivity contribution is 6.01. The SMILES string of the molecule is CC(=O)N1CCC(n2c(=O)[nH]c(=O)c3cnc4ccc(-c5ccc(CO)nc5)nc4c32)CC1. The monoisotopic (exact) mass is 446 g/mol. The molecule has 1 saturated heterocycles. The molecule has 2 N–H and O–H groups in total. The van der Waals surface area contributed by atoms with Crippen molar-refractivity contribution in [1.82, 2.24) is 29.4 Å². The molecule has 5 heterocycles. The zero-order valence-electron chi connectivity index (χ0n) is 18.0. The van der Waals surface area contributed by atoms with Crippen LogP contribution in [0.25, 0.3) is 33.2 Å². The van der Waals surface area contributed by atoms with Crippen LogP contribution in [0.4, 0.5) is 0 Å². The third-order valence-corrected chi connectivity index (χ3v) is 6.17. The second kappa shape index (κ2) is 8.21. The van der Waals surface area contributed by atoms with Gasteiger partial charge in [0.05, 0.1) is 34.4 Å². The molecule has 1 amide bonds. The molecule has 10 nitrogen and oxygen atoms in total. The van der Waals surface area contributed by atoms with Crippen LogP contribution >= 0.6 is 0 Å². The van der Waals surface area contributed by atoms with Crippen LogP contribution in [0.3, 0.4) is 0 Å². The third-order valence-electron chi connectivity index (χ3n) is 6.17. The molecule has 1 aliphatic heterocycles. The van der Waals surface area contributed by atoms with Gasteiger partial charge in [-0.05, 0) is 37.1 Å². The van der Waals surface area contributed by atoms with Gasteiger partial charge in [0.1, 0.15) is 5.52 Å². The molecule has 5 rings (SSSR count). The van der Waals surface area contributed by atoms with E-state index in [0.717, 1.165) is 5.56 Å². The number of fused-ring (bicyclic) bond motifs is 3. The van der Waals surface area contributed by atoms with E-state index in [9.17, 15) is 19.5 Å².